The van der Waals surface area contributed by atoms with Crippen molar-refractivity contribution in [3.8, 4) is 11.5 Å². The highest BCUT2D eigenvalue weighted by molar-refractivity contribution is 5.64. The number of aryl methyl sites for hydroxylation is 2. The van der Waals surface area contributed by atoms with Crippen molar-refractivity contribution in [2.75, 3.05) is 11.9 Å². The smallest absolute Gasteiger partial charge is 0.150 e. The number of pyridine rings is 1. The van der Waals surface area contributed by atoms with Crippen LogP contribution in [0, 0.1) is 6.92 Å². The van der Waals surface area contributed by atoms with Crippen LogP contribution in [-0.4, -0.2) is 11.5 Å². The predicted molar refractivity (Wildman–Crippen MR) is 72.3 cm³/mol. The highest BCUT2D eigenvalue weighted by atomic mass is 16.5. The van der Waals surface area contributed by atoms with Crippen LogP contribution in [0.1, 0.15) is 17.5 Å². The Bertz CT molecular complexity index is 566. The van der Waals surface area contributed by atoms with E-state index in [-0.39, 0.29) is 0 Å². The standard InChI is InChI=1S/C15H16N2O/c1-11-10-16-9-7-13(11)18-14-6-2-4-12-5-3-8-17-15(12)14/h2,4,6-7,9-10,17H,3,5,8H2,1H3. The summed E-state index contributed by atoms with van der Waals surface area (Å²) in [5.74, 6) is 1.77. The maximum atomic E-state index is 6.01. The number of benzene rings is 1. The Balaban J connectivity index is 1.96. The first-order valence-corrected chi connectivity index (χ1v) is 6.29. The Kier molecular flexibility index (Phi) is 2.89. The highest BCUT2D eigenvalue weighted by Gasteiger charge is 2.14. The molecule has 2 aromatic rings. The number of nitrogens with one attached hydrogen (secondary N) is 1. The van der Waals surface area contributed by atoms with Gasteiger partial charge in [0.05, 0.1) is 5.69 Å². The van der Waals surface area contributed by atoms with Gasteiger partial charge in [-0.15, -0.1) is 0 Å². The van der Waals surface area contributed by atoms with E-state index < -0.39 is 0 Å². The van der Waals surface area contributed by atoms with Crippen LogP contribution < -0.4 is 10.1 Å². The molecule has 1 N–H and O–H groups in total. The van der Waals surface area contributed by atoms with E-state index in [1.165, 1.54) is 12.0 Å². The van der Waals surface area contributed by atoms with Crippen LogP contribution >= 0.6 is 0 Å². The molecule has 1 aromatic heterocycles. The number of para-hydroxylation sites is 1. The van der Waals surface area contributed by atoms with Gasteiger partial charge in [0.25, 0.3) is 0 Å². The number of fused-ring (bicyclic) bond motifs is 1. The number of hydrogen-bond acceptors (Lipinski definition) is 3. The van der Waals surface area contributed by atoms with Gasteiger partial charge in [0.1, 0.15) is 5.75 Å². The molecule has 2 heterocycles. The largest absolute Gasteiger partial charge is 0.455 e. The van der Waals surface area contributed by atoms with E-state index in [9.17, 15) is 0 Å². The van der Waals surface area contributed by atoms with E-state index in [4.69, 9.17) is 4.74 Å². The molecular formula is C15H16N2O. The summed E-state index contributed by atoms with van der Waals surface area (Å²) >= 11 is 0. The van der Waals surface area contributed by atoms with Crippen LogP contribution in [0.5, 0.6) is 11.5 Å². The lowest BCUT2D eigenvalue weighted by Crippen LogP contribution is -2.12. The summed E-state index contributed by atoms with van der Waals surface area (Å²) in [6, 6.07) is 8.13. The predicted octanol–water partition coefficient (Wildman–Crippen LogP) is 3.54. The minimum absolute atomic E-state index is 0.866. The topological polar surface area (TPSA) is 34.1 Å². The third-order valence-electron chi connectivity index (χ3n) is 3.23. The first-order valence-electron chi connectivity index (χ1n) is 6.29. The minimum Gasteiger partial charge on any atom is -0.455 e. The van der Waals surface area contributed by atoms with Crippen LogP contribution in [-0.2, 0) is 6.42 Å². The van der Waals surface area contributed by atoms with Crippen molar-refractivity contribution in [1.29, 1.82) is 0 Å². The number of ether oxygens (including phenoxy) is 1. The molecule has 0 amide bonds. The molecule has 3 rings (SSSR count). The van der Waals surface area contributed by atoms with Crippen molar-refractivity contribution >= 4 is 5.69 Å². The molecule has 0 aliphatic carbocycles. The highest BCUT2D eigenvalue weighted by Crippen LogP contribution is 2.35. The molecule has 0 radical (unpaired) electrons. The first kappa shape index (κ1) is 11.1. The lowest BCUT2D eigenvalue weighted by atomic mass is 10.0. The van der Waals surface area contributed by atoms with Gasteiger partial charge in [0.15, 0.2) is 5.75 Å². The summed E-state index contributed by atoms with van der Waals surface area (Å²) < 4.78 is 6.01. The summed E-state index contributed by atoms with van der Waals surface area (Å²) in [6.07, 6.45) is 5.88. The van der Waals surface area contributed by atoms with Crippen LogP contribution in [0.3, 0.4) is 0 Å². The molecule has 0 spiro atoms. The number of hydrogen-bond donors (Lipinski definition) is 1. The van der Waals surface area contributed by atoms with Gasteiger partial charge in [-0.2, -0.15) is 0 Å². The van der Waals surface area contributed by atoms with Gasteiger partial charge < -0.3 is 10.1 Å². The normalized spacial score (nSPS) is 13.6. The van der Waals surface area contributed by atoms with Crippen LogP contribution in [0.4, 0.5) is 5.69 Å². The fourth-order valence-corrected chi connectivity index (χ4v) is 2.26. The number of rotatable bonds is 2. The summed E-state index contributed by atoms with van der Waals surface area (Å²) in [4.78, 5) is 4.08. The molecule has 1 aromatic carbocycles. The van der Waals surface area contributed by atoms with Gasteiger partial charge in [-0.1, -0.05) is 12.1 Å². The average Bonchev–Trinajstić information content (AvgIpc) is 2.42. The molecule has 0 fully saturated rings. The maximum Gasteiger partial charge on any atom is 0.150 e. The minimum atomic E-state index is 0.866. The Hall–Kier alpha value is -2.03. The number of aromatic nitrogens is 1. The van der Waals surface area contributed by atoms with E-state index in [1.54, 1.807) is 6.20 Å². The summed E-state index contributed by atoms with van der Waals surface area (Å²) in [7, 11) is 0. The number of nitrogens with zero attached hydrogens (tertiary/aromatic N) is 1. The first-order chi connectivity index (χ1) is 8.84. The fourth-order valence-electron chi connectivity index (χ4n) is 2.26. The molecule has 0 bridgehead atoms. The molecular weight excluding hydrogens is 224 g/mol. The van der Waals surface area contributed by atoms with E-state index >= 15 is 0 Å². The third kappa shape index (κ3) is 2.04. The Morgan fingerprint density at radius 1 is 1.22 bits per heavy atom. The molecule has 1 aliphatic rings. The molecule has 3 heteroatoms. The third-order valence-corrected chi connectivity index (χ3v) is 3.23. The van der Waals surface area contributed by atoms with Gasteiger partial charge >= 0.3 is 0 Å². The van der Waals surface area contributed by atoms with E-state index in [0.717, 1.165) is 35.7 Å². The monoisotopic (exact) mass is 240 g/mol. The van der Waals surface area contributed by atoms with Crippen molar-refractivity contribution in [1.82, 2.24) is 4.98 Å². The second kappa shape index (κ2) is 4.69. The molecule has 0 saturated heterocycles. The molecule has 18 heavy (non-hydrogen) atoms. The zero-order valence-corrected chi connectivity index (χ0v) is 10.4. The summed E-state index contributed by atoms with van der Waals surface area (Å²) in [6.45, 7) is 3.02. The lowest BCUT2D eigenvalue weighted by molar-refractivity contribution is 0.478. The Labute approximate surface area is 107 Å². The van der Waals surface area contributed by atoms with Crippen molar-refractivity contribution in [3.05, 3.63) is 47.8 Å². The van der Waals surface area contributed by atoms with Gasteiger partial charge in [-0.25, -0.2) is 0 Å². The number of anilines is 1. The molecule has 0 saturated carbocycles. The second-order valence-electron chi connectivity index (χ2n) is 4.56. The molecule has 0 unspecified atom stereocenters. The van der Waals surface area contributed by atoms with Crippen molar-refractivity contribution in [3.63, 3.8) is 0 Å². The molecule has 3 nitrogen and oxygen atoms in total. The van der Waals surface area contributed by atoms with Crippen LogP contribution in [0.2, 0.25) is 0 Å². The zero-order valence-electron chi connectivity index (χ0n) is 10.4. The van der Waals surface area contributed by atoms with Crippen molar-refractivity contribution in [2.45, 2.75) is 19.8 Å². The Morgan fingerprint density at radius 2 is 2.17 bits per heavy atom. The average molecular weight is 240 g/mol. The summed E-state index contributed by atoms with van der Waals surface area (Å²) in [5.41, 5.74) is 3.52. The van der Waals surface area contributed by atoms with E-state index in [2.05, 4.69) is 22.4 Å². The van der Waals surface area contributed by atoms with Gasteiger partial charge in [0.2, 0.25) is 0 Å². The fraction of sp³-hybridized carbons (Fsp3) is 0.267. The van der Waals surface area contributed by atoms with E-state index in [1.807, 2.05) is 25.3 Å². The van der Waals surface area contributed by atoms with Crippen LogP contribution in [0.25, 0.3) is 0 Å². The van der Waals surface area contributed by atoms with Gasteiger partial charge in [0, 0.05) is 24.5 Å². The SMILES string of the molecule is Cc1cnccc1Oc1cccc2c1NCCC2. The zero-order chi connectivity index (χ0) is 12.4. The molecule has 92 valence electrons. The Morgan fingerprint density at radius 3 is 3.06 bits per heavy atom. The van der Waals surface area contributed by atoms with Crippen molar-refractivity contribution in [2.24, 2.45) is 0 Å². The van der Waals surface area contributed by atoms with Gasteiger partial charge in [-0.05, 0) is 37.5 Å². The lowest BCUT2D eigenvalue weighted by Gasteiger charge is -2.21. The molecule has 0 atom stereocenters. The quantitative estimate of drug-likeness (QED) is 0.871. The van der Waals surface area contributed by atoms with E-state index in [0.29, 0.717) is 0 Å². The van der Waals surface area contributed by atoms with Crippen molar-refractivity contribution < 1.29 is 4.74 Å². The summed E-state index contributed by atoms with van der Waals surface area (Å²) in [5, 5.41) is 3.43. The van der Waals surface area contributed by atoms with Gasteiger partial charge in [-0.3, -0.25) is 4.98 Å². The molecule has 1 aliphatic heterocycles. The maximum absolute atomic E-state index is 6.01. The second-order valence-corrected chi connectivity index (χ2v) is 4.56. The van der Waals surface area contributed by atoms with Crippen LogP contribution in [0.15, 0.2) is 36.7 Å².